The molecule has 4 aliphatic rings. The molecule has 0 aromatic carbocycles. The molecular formula is C24H38N2O3. The second-order valence-corrected chi connectivity index (χ2v) is 10.5. The predicted molar refractivity (Wildman–Crippen MR) is 116 cm³/mol. The van der Waals surface area contributed by atoms with E-state index in [1.54, 1.807) is 19.8 Å². The largest absolute Gasteiger partial charge is 0.399 e. The van der Waals surface area contributed by atoms with Crippen LogP contribution < -0.4 is 0 Å². The van der Waals surface area contributed by atoms with E-state index in [0.717, 1.165) is 43.5 Å². The first-order chi connectivity index (χ1) is 13.7. The highest BCUT2D eigenvalue weighted by Gasteiger charge is 2.65. The molecule has 0 saturated heterocycles. The average molecular weight is 403 g/mol. The Morgan fingerprint density at radius 1 is 1.10 bits per heavy atom. The van der Waals surface area contributed by atoms with Crippen LogP contribution in [-0.2, 0) is 9.68 Å². The van der Waals surface area contributed by atoms with Gasteiger partial charge in [-0.3, -0.25) is 0 Å². The van der Waals surface area contributed by atoms with E-state index in [0.29, 0.717) is 23.7 Å². The third-order valence-corrected chi connectivity index (χ3v) is 9.48. The van der Waals surface area contributed by atoms with E-state index in [1.807, 2.05) is 6.92 Å². The third-order valence-electron chi connectivity index (χ3n) is 9.48. The van der Waals surface area contributed by atoms with Gasteiger partial charge in [0.2, 0.25) is 0 Å². The van der Waals surface area contributed by atoms with Gasteiger partial charge in [-0.25, -0.2) is 0 Å². The molecule has 5 heteroatoms. The third kappa shape index (κ3) is 2.83. The summed E-state index contributed by atoms with van der Waals surface area (Å²) in [6.07, 6.45) is 9.82. The van der Waals surface area contributed by atoms with E-state index in [2.05, 4.69) is 37.2 Å². The first kappa shape index (κ1) is 20.9. The van der Waals surface area contributed by atoms with Gasteiger partial charge in [-0.2, -0.15) is 0 Å². The monoisotopic (exact) mass is 402 g/mol. The minimum atomic E-state index is -0.843. The van der Waals surface area contributed by atoms with E-state index >= 15 is 0 Å². The van der Waals surface area contributed by atoms with Crippen molar-refractivity contribution < 1.29 is 14.8 Å². The van der Waals surface area contributed by atoms with Crippen LogP contribution in [0.15, 0.2) is 22.0 Å². The molecule has 0 aromatic heterocycles. The van der Waals surface area contributed by atoms with Crippen LogP contribution in [0.1, 0.15) is 72.6 Å². The Labute approximate surface area is 175 Å². The molecule has 4 aliphatic carbocycles. The van der Waals surface area contributed by atoms with Crippen molar-refractivity contribution in [2.75, 3.05) is 14.2 Å². The predicted octanol–water partition coefficient (Wildman–Crippen LogP) is 4.95. The second-order valence-electron chi connectivity index (χ2n) is 10.5. The first-order valence-electron chi connectivity index (χ1n) is 11.3. The van der Waals surface area contributed by atoms with Gasteiger partial charge in [-0.05, 0) is 87.0 Å². The summed E-state index contributed by atoms with van der Waals surface area (Å²) < 4.78 is 0. The van der Waals surface area contributed by atoms with Gasteiger partial charge >= 0.3 is 0 Å². The molecule has 5 nitrogen and oxygen atoms in total. The molecule has 7 atom stereocenters. The quantitative estimate of drug-likeness (QED) is 0.536. The second kappa shape index (κ2) is 7.11. The summed E-state index contributed by atoms with van der Waals surface area (Å²) in [4.78, 5) is 10.1. The molecule has 1 unspecified atom stereocenters. The highest BCUT2D eigenvalue weighted by Crippen LogP contribution is 2.68. The summed E-state index contributed by atoms with van der Waals surface area (Å²) in [5.74, 6) is 2.45. The van der Waals surface area contributed by atoms with Crippen molar-refractivity contribution in [3.63, 3.8) is 0 Å². The molecule has 0 radical (unpaired) electrons. The molecule has 0 amide bonds. The number of nitrogens with zero attached hydrogens (tertiary/aromatic N) is 2. The van der Waals surface area contributed by atoms with E-state index in [9.17, 15) is 5.11 Å². The average Bonchev–Trinajstić information content (AvgIpc) is 2.96. The van der Waals surface area contributed by atoms with Crippen LogP contribution in [0.25, 0.3) is 0 Å². The van der Waals surface area contributed by atoms with Crippen LogP contribution in [0.4, 0.5) is 0 Å². The lowest BCUT2D eigenvalue weighted by molar-refractivity contribution is -0.101. The molecular weight excluding hydrogens is 364 g/mol. The lowest BCUT2D eigenvalue weighted by Gasteiger charge is -2.60. The molecule has 0 bridgehead atoms. The van der Waals surface area contributed by atoms with Crippen LogP contribution in [0.5, 0.6) is 0 Å². The van der Waals surface area contributed by atoms with Gasteiger partial charge in [0.1, 0.15) is 19.8 Å². The van der Waals surface area contributed by atoms with E-state index < -0.39 is 5.60 Å². The number of allylic oxidation sites excluding steroid dienone is 2. The van der Waals surface area contributed by atoms with Crippen molar-refractivity contribution in [1.82, 2.24) is 0 Å². The molecule has 162 valence electrons. The van der Waals surface area contributed by atoms with Crippen molar-refractivity contribution in [3.05, 3.63) is 11.6 Å². The summed E-state index contributed by atoms with van der Waals surface area (Å²) in [5.41, 5.74) is 2.70. The Morgan fingerprint density at radius 2 is 1.83 bits per heavy atom. The summed E-state index contributed by atoms with van der Waals surface area (Å²) in [6, 6.07) is 0. The van der Waals surface area contributed by atoms with E-state index in [-0.39, 0.29) is 10.8 Å². The van der Waals surface area contributed by atoms with Crippen molar-refractivity contribution in [1.29, 1.82) is 0 Å². The smallest absolute Gasteiger partial charge is 0.111 e. The SMILES string of the molecule is CO/N=C1/C=C2C(C)C[C@@H]3[C@H](CC[C@@]4(C)[C@H]3CC[C@]4(O)/C(C)=N/OC)[C@@]2(C)CC1. The van der Waals surface area contributed by atoms with Crippen LogP contribution in [-0.4, -0.2) is 36.4 Å². The van der Waals surface area contributed by atoms with Gasteiger partial charge in [0.05, 0.1) is 11.4 Å². The summed E-state index contributed by atoms with van der Waals surface area (Å²) >= 11 is 0. The summed E-state index contributed by atoms with van der Waals surface area (Å²) in [6.45, 7) is 9.14. The maximum absolute atomic E-state index is 11.7. The van der Waals surface area contributed by atoms with E-state index in [1.165, 1.54) is 12.8 Å². The van der Waals surface area contributed by atoms with Crippen molar-refractivity contribution in [3.8, 4) is 0 Å². The summed E-state index contributed by atoms with van der Waals surface area (Å²) in [7, 11) is 3.21. The number of aliphatic hydroxyl groups is 1. The van der Waals surface area contributed by atoms with Crippen LogP contribution in [0.2, 0.25) is 0 Å². The molecule has 0 heterocycles. The van der Waals surface area contributed by atoms with Crippen LogP contribution in [0, 0.1) is 34.5 Å². The standard InChI is InChI=1S/C24H38N2O3/c1-15-13-18-19(22(3)10-7-17(26-29-6)14-21(15)22)8-11-23(4)20(18)9-12-24(23,27)16(2)25-28-5/h14-15,18-20,27H,7-13H2,1-6H3/b25-16+,26-17+/t15?,18-,19+,20+,22-,23+,24+/m1/s1. The fourth-order valence-electron chi connectivity index (χ4n) is 8.01. The van der Waals surface area contributed by atoms with Gasteiger partial charge in [0.15, 0.2) is 0 Å². The lowest BCUT2D eigenvalue weighted by Crippen LogP contribution is -2.57. The number of oxime groups is 2. The van der Waals surface area contributed by atoms with Gasteiger partial charge in [-0.15, -0.1) is 0 Å². The van der Waals surface area contributed by atoms with Crippen molar-refractivity contribution >= 4 is 11.4 Å². The molecule has 0 spiro atoms. The number of hydrogen-bond acceptors (Lipinski definition) is 5. The molecule has 3 fully saturated rings. The Morgan fingerprint density at radius 3 is 2.52 bits per heavy atom. The molecule has 0 aromatic rings. The lowest BCUT2D eigenvalue weighted by atomic mass is 9.44. The normalized spacial score (nSPS) is 48.4. The Balaban J connectivity index is 1.69. The van der Waals surface area contributed by atoms with Crippen molar-refractivity contribution in [2.45, 2.75) is 78.2 Å². The molecule has 4 rings (SSSR count). The van der Waals surface area contributed by atoms with Gasteiger partial charge in [0.25, 0.3) is 0 Å². The topological polar surface area (TPSA) is 63.4 Å². The van der Waals surface area contributed by atoms with Crippen molar-refractivity contribution in [2.24, 2.45) is 44.8 Å². The van der Waals surface area contributed by atoms with Gasteiger partial charge < -0.3 is 14.8 Å². The fourth-order valence-corrected chi connectivity index (χ4v) is 8.01. The molecule has 29 heavy (non-hydrogen) atoms. The Kier molecular flexibility index (Phi) is 5.12. The summed E-state index contributed by atoms with van der Waals surface area (Å²) in [5, 5.41) is 20.2. The molecule has 3 saturated carbocycles. The highest BCUT2D eigenvalue weighted by molar-refractivity contribution is 5.96. The Hall–Kier alpha value is -1.36. The molecule has 1 N–H and O–H groups in total. The zero-order valence-electron chi connectivity index (χ0n) is 19.0. The Bertz CT molecular complexity index is 759. The van der Waals surface area contributed by atoms with Crippen LogP contribution >= 0.6 is 0 Å². The number of hydrogen-bond donors (Lipinski definition) is 1. The zero-order valence-corrected chi connectivity index (χ0v) is 19.0. The fraction of sp³-hybridized carbons (Fsp3) is 0.833. The number of rotatable bonds is 3. The van der Waals surface area contributed by atoms with Gasteiger partial charge in [-0.1, -0.05) is 36.7 Å². The maximum Gasteiger partial charge on any atom is 0.111 e. The first-order valence-corrected chi connectivity index (χ1v) is 11.3. The highest BCUT2D eigenvalue weighted by atomic mass is 16.6. The van der Waals surface area contributed by atoms with E-state index in [4.69, 9.17) is 9.68 Å². The van der Waals surface area contributed by atoms with Crippen LogP contribution in [0.3, 0.4) is 0 Å². The van der Waals surface area contributed by atoms with Gasteiger partial charge in [0, 0.05) is 5.41 Å². The number of fused-ring (bicyclic) bond motifs is 5. The minimum absolute atomic E-state index is 0.116. The maximum atomic E-state index is 11.7. The zero-order chi connectivity index (χ0) is 21.0. The minimum Gasteiger partial charge on any atom is -0.399 e. The molecule has 0 aliphatic heterocycles.